The van der Waals surface area contributed by atoms with E-state index < -0.39 is 5.91 Å². The first-order chi connectivity index (χ1) is 12.0. The number of hydrogen-bond acceptors (Lipinski definition) is 6. The Labute approximate surface area is 150 Å². The van der Waals surface area contributed by atoms with Gasteiger partial charge < -0.3 is 21.1 Å². The first-order valence-electron chi connectivity index (χ1n) is 8.00. The number of nitrogen functional groups attached to an aromatic ring is 1. The lowest BCUT2D eigenvalue weighted by atomic mass is 10.0. The number of aryl methyl sites for hydroxylation is 1. The molecular weight excluding hydrogens is 342 g/mol. The van der Waals surface area contributed by atoms with Crippen molar-refractivity contribution in [3.05, 3.63) is 46.1 Å². The Morgan fingerprint density at radius 1 is 1.36 bits per heavy atom. The first kappa shape index (κ1) is 17.4. The number of nitrogens with zero attached hydrogens (tertiary/aromatic N) is 3. The molecule has 0 saturated carbocycles. The molecule has 132 valence electrons. The Morgan fingerprint density at radius 2 is 2.16 bits per heavy atom. The molecule has 1 saturated heterocycles. The van der Waals surface area contributed by atoms with E-state index in [-0.39, 0.29) is 12.0 Å². The third kappa shape index (κ3) is 3.83. The number of benzene rings is 1. The summed E-state index contributed by atoms with van der Waals surface area (Å²) < 4.78 is 5.74. The van der Waals surface area contributed by atoms with Gasteiger partial charge in [-0.2, -0.15) is 4.98 Å². The molecule has 1 aliphatic rings. The molecule has 0 bridgehead atoms. The van der Waals surface area contributed by atoms with Gasteiger partial charge in [0.1, 0.15) is 5.82 Å². The highest BCUT2D eigenvalue weighted by atomic mass is 35.5. The Kier molecular flexibility index (Phi) is 5.06. The maximum atomic E-state index is 11.4. The smallest absolute Gasteiger partial charge is 0.248 e. The highest BCUT2D eigenvalue weighted by molar-refractivity contribution is 6.31. The molecule has 0 radical (unpaired) electrons. The van der Waals surface area contributed by atoms with E-state index in [2.05, 4.69) is 14.9 Å². The number of primary amides is 1. The lowest BCUT2D eigenvalue weighted by Crippen LogP contribution is -2.32. The van der Waals surface area contributed by atoms with Crippen LogP contribution in [0.1, 0.15) is 34.1 Å². The molecule has 2 aromatic rings. The van der Waals surface area contributed by atoms with E-state index in [4.69, 9.17) is 27.8 Å². The fourth-order valence-corrected chi connectivity index (χ4v) is 3.29. The van der Waals surface area contributed by atoms with Crippen LogP contribution in [0.15, 0.2) is 24.3 Å². The third-order valence-electron chi connectivity index (χ3n) is 4.14. The Hall–Kier alpha value is -2.38. The van der Waals surface area contributed by atoms with Crippen LogP contribution in [0.2, 0.25) is 5.02 Å². The number of amides is 1. The van der Waals surface area contributed by atoms with Crippen LogP contribution >= 0.6 is 11.6 Å². The average molecular weight is 362 g/mol. The molecule has 1 fully saturated rings. The van der Waals surface area contributed by atoms with Crippen molar-refractivity contribution in [3.8, 4) is 0 Å². The fourth-order valence-electron chi connectivity index (χ4n) is 2.98. The molecule has 3 rings (SSSR count). The molecule has 0 aliphatic carbocycles. The molecule has 1 amide bonds. The number of halogens is 1. The summed E-state index contributed by atoms with van der Waals surface area (Å²) in [6.45, 7) is 3.73. The SMILES string of the molecule is Cc1cc(N2CCCOC[C@H]2c2ccc(C(N)=O)cc2Cl)nc(N)n1. The van der Waals surface area contributed by atoms with E-state index >= 15 is 0 Å². The van der Waals surface area contributed by atoms with Crippen molar-refractivity contribution in [2.75, 3.05) is 30.4 Å². The molecule has 0 spiro atoms. The lowest BCUT2D eigenvalue weighted by molar-refractivity contribution is 0.100. The van der Waals surface area contributed by atoms with Crippen molar-refractivity contribution >= 4 is 29.3 Å². The molecule has 0 unspecified atom stereocenters. The van der Waals surface area contributed by atoms with Crippen molar-refractivity contribution in [1.29, 1.82) is 0 Å². The van der Waals surface area contributed by atoms with Gasteiger partial charge in [-0.25, -0.2) is 4.98 Å². The van der Waals surface area contributed by atoms with Gasteiger partial charge >= 0.3 is 0 Å². The summed E-state index contributed by atoms with van der Waals surface area (Å²) in [5.41, 5.74) is 13.2. The van der Waals surface area contributed by atoms with Crippen LogP contribution < -0.4 is 16.4 Å². The minimum Gasteiger partial charge on any atom is -0.379 e. The molecule has 25 heavy (non-hydrogen) atoms. The predicted molar refractivity (Wildman–Crippen MR) is 96.7 cm³/mol. The quantitative estimate of drug-likeness (QED) is 0.866. The maximum Gasteiger partial charge on any atom is 0.248 e. The summed E-state index contributed by atoms with van der Waals surface area (Å²) in [6, 6.07) is 6.81. The molecular formula is C17H20ClN5O2. The van der Waals surface area contributed by atoms with E-state index in [1.807, 2.05) is 19.1 Å². The van der Waals surface area contributed by atoms with Crippen LogP contribution in [0, 0.1) is 6.92 Å². The van der Waals surface area contributed by atoms with Crippen LogP contribution in [-0.2, 0) is 4.74 Å². The van der Waals surface area contributed by atoms with E-state index in [0.29, 0.717) is 23.8 Å². The van der Waals surface area contributed by atoms with Crippen LogP contribution in [0.4, 0.5) is 11.8 Å². The van der Waals surface area contributed by atoms with E-state index in [1.54, 1.807) is 12.1 Å². The summed E-state index contributed by atoms with van der Waals surface area (Å²) in [7, 11) is 0. The standard InChI is InChI=1S/C17H20ClN5O2/c1-10-7-15(22-17(20)21-10)23-5-2-6-25-9-14(23)12-4-3-11(16(19)24)8-13(12)18/h3-4,7-8,14H,2,5-6,9H2,1H3,(H2,19,24)(H2,20,21,22)/t14-/m0/s1. The molecule has 8 heteroatoms. The highest BCUT2D eigenvalue weighted by Gasteiger charge is 2.27. The zero-order valence-corrected chi connectivity index (χ0v) is 14.7. The van der Waals surface area contributed by atoms with Crippen molar-refractivity contribution in [3.63, 3.8) is 0 Å². The van der Waals surface area contributed by atoms with Gasteiger partial charge in [-0.3, -0.25) is 4.79 Å². The molecule has 4 N–H and O–H groups in total. The number of rotatable bonds is 3. The maximum absolute atomic E-state index is 11.4. The van der Waals surface area contributed by atoms with E-state index in [0.717, 1.165) is 30.0 Å². The van der Waals surface area contributed by atoms with Crippen LogP contribution in [0.5, 0.6) is 0 Å². The van der Waals surface area contributed by atoms with Gasteiger partial charge in [0, 0.05) is 35.5 Å². The van der Waals surface area contributed by atoms with E-state index in [1.165, 1.54) is 0 Å². The zero-order chi connectivity index (χ0) is 18.0. The van der Waals surface area contributed by atoms with Crippen molar-refractivity contribution in [1.82, 2.24) is 9.97 Å². The number of ether oxygens (including phenoxy) is 1. The second-order valence-corrected chi connectivity index (χ2v) is 6.37. The van der Waals surface area contributed by atoms with Gasteiger partial charge in [-0.15, -0.1) is 0 Å². The number of anilines is 2. The van der Waals surface area contributed by atoms with Crippen molar-refractivity contribution < 1.29 is 9.53 Å². The average Bonchev–Trinajstić information content (AvgIpc) is 2.79. The largest absolute Gasteiger partial charge is 0.379 e. The van der Waals surface area contributed by atoms with Crippen LogP contribution in [0.3, 0.4) is 0 Å². The summed E-state index contributed by atoms with van der Waals surface area (Å²) >= 11 is 6.43. The monoisotopic (exact) mass is 361 g/mol. The molecule has 1 aromatic heterocycles. The van der Waals surface area contributed by atoms with Gasteiger partial charge in [0.15, 0.2) is 0 Å². The number of aromatic nitrogens is 2. The number of carbonyl (C=O) groups is 1. The highest BCUT2D eigenvalue weighted by Crippen LogP contribution is 2.33. The first-order valence-corrected chi connectivity index (χ1v) is 8.38. The van der Waals surface area contributed by atoms with E-state index in [9.17, 15) is 4.79 Å². The summed E-state index contributed by atoms with van der Waals surface area (Å²) in [6.07, 6.45) is 0.858. The van der Waals surface area contributed by atoms with Crippen LogP contribution in [0.25, 0.3) is 0 Å². The van der Waals surface area contributed by atoms with Crippen molar-refractivity contribution in [2.24, 2.45) is 5.73 Å². The predicted octanol–water partition coefficient (Wildman–Crippen LogP) is 2.09. The second kappa shape index (κ2) is 7.25. The number of nitrogens with two attached hydrogens (primary N) is 2. The summed E-state index contributed by atoms with van der Waals surface area (Å²) in [4.78, 5) is 22.0. The van der Waals surface area contributed by atoms with Gasteiger partial charge in [0.25, 0.3) is 0 Å². The Bertz CT molecular complexity index is 778. The van der Waals surface area contributed by atoms with Gasteiger partial charge in [0.05, 0.1) is 12.6 Å². The summed E-state index contributed by atoms with van der Waals surface area (Å²) in [5, 5.41) is 0.468. The van der Waals surface area contributed by atoms with Crippen LogP contribution in [-0.4, -0.2) is 35.6 Å². The fraction of sp³-hybridized carbons (Fsp3) is 0.353. The minimum atomic E-state index is -0.512. The normalized spacial score (nSPS) is 18.0. The minimum absolute atomic E-state index is 0.148. The number of carbonyl (C=O) groups excluding carboxylic acids is 1. The zero-order valence-electron chi connectivity index (χ0n) is 13.9. The number of hydrogen-bond donors (Lipinski definition) is 2. The second-order valence-electron chi connectivity index (χ2n) is 5.96. The molecule has 1 aromatic carbocycles. The lowest BCUT2D eigenvalue weighted by Gasteiger charge is -2.31. The van der Waals surface area contributed by atoms with Gasteiger partial charge in [0.2, 0.25) is 11.9 Å². The topological polar surface area (TPSA) is 107 Å². The van der Waals surface area contributed by atoms with Gasteiger partial charge in [-0.1, -0.05) is 17.7 Å². The molecule has 1 aliphatic heterocycles. The molecule has 2 heterocycles. The summed E-state index contributed by atoms with van der Waals surface area (Å²) in [5.74, 6) is 0.450. The third-order valence-corrected chi connectivity index (χ3v) is 4.46. The molecule has 7 nitrogen and oxygen atoms in total. The Morgan fingerprint density at radius 3 is 2.84 bits per heavy atom. The van der Waals surface area contributed by atoms with Gasteiger partial charge in [-0.05, 0) is 31.0 Å². The molecule has 1 atom stereocenters. The Balaban J connectivity index is 2.02. The van der Waals surface area contributed by atoms with Crippen molar-refractivity contribution in [2.45, 2.75) is 19.4 Å².